The molecule has 0 radical (unpaired) electrons. The predicted octanol–water partition coefficient (Wildman–Crippen LogP) is 3.57. The van der Waals surface area contributed by atoms with E-state index in [0.29, 0.717) is 12.5 Å². The maximum absolute atomic E-state index is 12.6. The summed E-state index contributed by atoms with van der Waals surface area (Å²) in [6.07, 6.45) is 6.97. The molecule has 1 saturated carbocycles. The van der Waals surface area contributed by atoms with E-state index in [1.165, 1.54) is 19.3 Å². The summed E-state index contributed by atoms with van der Waals surface area (Å²) in [6.45, 7) is 2.32. The first-order chi connectivity index (χ1) is 11.7. The van der Waals surface area contributed by atoms with Gasteiger partial charge < -0.3 is 9.40 Å². The van der Waals surface area contributed by atoms with E-state index in [-0.39, 0.29) is 5.56 Å². The van der Waals surface area contributed by atoms with Crippen LogP contribution in [0, 0.1) is 3.77 Å². The fourth-order valence-corrected chi connectivity index (χ4v) is 4.32. The summed E-state index contributed by atoms with van der Waals surface area (Å²) in [5, 5.41) is 0. The number of furan rings is 1. The zero-order chi connectivity index (χ0) is 16.5. The number of nitrogens with zero attached hydrogens (tertiary/aromatic N) is 2. The molecule has 6 heteroatoms. The van der Waals surface area contributed by atoms with E-state index < -0.39 is 0 Å². The largest absolute Gasteiger partial charge is 0.454 e. The standard InChI is InChI=1S/C18H22IN3O2/c19-16-7-6-13(24-16)10-22-9-8-15-14(11-22)18(23)21-17(20-15)12-4-2-1-3-5-12/h6-7,12H,1-5,8-11H2,(H,20,21,23). The van der Waals surface area contributed by atoms with E-state index in [4.69, 9.17) is 9.40 Å². The number of aromatic nitrogens is 2. The quantitative estimate of drug-likeness (QED) is 0.743. The summed E-state index contributed by atoms with van der Waals surface area (Å²) < 4.78 is 6.55. The Hall–Kier alpha value is -1.15. The minimum Gasteiger partial charge on any atom is -0.454 e. The first kappa shape index (κ1) is 16.3. The number of halogens is 1. The lowest BCUT2D eigenvalue weighted by molar-refractivity contribution is 0.220. The molecule has 1 aliphatic heterocycles. The fraction of sp³-hybridized carbons (Fsp3) is 0.556. The van der Waals surface area contributed by atoms with Crippen LogP contribution in [0.3, 0.4) is 0 Å². The molecule has 0 unspecified atom stereocenters. The Labute approximate surface area is 155 Å². The van der Waals surface area contributed by atoms with Crippen LogP contribution in [0.2, 0.25) is 0 Å². The molecule has 2 aromatic rings. The van der Waals surface area contributed by atoms with Gasteiger partial charge in [0.2, 0.25) is 0 Å². The van der Waals surface area contributed by atoms with Crippen LogP contribution in [0.4, 0.5) is 0 Å². The molecule has 0 aromatic carbocycles. The van der Waals surface area contributed by atoms with Gasteiger partial charge in [-0.05, 0) is 47.6 Å². The molecule has 1 aliphatic carbocycles. The Bertz CT molecular complexity index is 777. The molecule has 3 heterocycles. The molecule has 0 bridgehead atoms. The van der Waals surface area contributed by atoms with E-state index in [1.807, 2.05) is 12.1 Å². The molecule has 2 aromatic heterocycles. The summed E-state index contributed by atoms with van der Waals surface area (Å²) in [5.41, 5.74) is 1.89. The van der Waals surface area contributed by atoms with Gasteiger partial charge in [-0.3, -0.25) is 9.69 Å². The third kappa shape index (κ3) is 3.44. The minimum absolute atomic E-state index is 0.0549. The molecule has 0 saturated heterocycles. The molecule has 0 spiro atoms. The highest BCUT2D eigenvalue weighted by Gasteiger charge is 2.24. The van der Waals surface area contributed by atoms with Gasteiger partial charge in [0.15, 0.2) is 3.77 Å². The third-order valence-electron chi connectivity index (χ3n) is 5.17. The van der Waals surface area contributed by atoms with Crippen molar-refractivity contribution in [2.45, 2.75) is 57.5 Å². The SMILES string of the molecule is O=c1[nH]c(C2CCCCC2)nc2c1CN(Cc1ccc(I)o1)CC2. The van der Waals surface area contributed by atoms with Gasteiger partial charge in [0.05, 0.1) is 17.8 Å². The zero-order valence-corrected chi connectivity index (χ0v) is 15.8. The molecular weight excluding hydrogens is 417 g/mol. The summed E-state index contributed by atoms with van der Waals surface area (Å²) in [7, 11) is 0. The van der Waals surface area contributed by atoms with Gasteiger partial charge in [0.25, 0.3) is 5.56 Å². The lowest BCUT2D eigenvalue weighted by Gasteiger charge is -2.28. The molecule has 0 atom stereocenters. The number of fused-ring (bicyclic) bond motifs is 1. The molecular formula is C18H22IN3O2. The van der Waals surface area contributed by atoms with Gasteiger partial charge >= 0.3 is 0 Å². The summed E-state index contributed by atoms with van der Waals surface area (Å²) >= 11 is 2.17. The van der Waals surface area contributed by atoms with Crippen molar-refractivity contribution in [3.63, 3.8) is 0 Å². The molecule has 1 fully saturated rings. The first-order valence-corrected chi connectivity index (χ1v) is 9.85. The second-order valence-corrected chi connectivity index (χ2v) is 7.94. The van der Waals surface area contributed by atoms with E-state index >= 15 is 0 Å². The lowest BCUT2D eigenvalue weighted by Crippen LogP contribution is -2.36. The monoisotopic (exact) mass is 439 g/mol. The van der Waals surface area contributed by atoms with Crippen LogP contribution in [0.1, 0.15) is 60.9 Å². The van der Waals surface area contributed by atoms with Crippen LogP contribution < -0.4 is 5.56 Å². The van der Waals surface area contributed by atoms with Gasteiger partial charge in [-0.25, -0.2) is 4.98 Å². The smallest absolute Gasteiger partial charge is 0.255 e. The van der Waals surface area contributed by atoms with Crippen molar-refractivity contribution in [3.05, 3.63) is 49.1 Å². The Kier molecular flexibility index (Phi) is 4.76. The van der Waals surface area contributed by atoms with Gasteiger partial charge in [-0.2, -0.15) is 0 Å². The summed E-state index contributed by atoms with van der Waals surface area (Å²) in [6, 6.07) is 3.98. The average molecular weight is 439 g/mol. The predicted molar refractivity (Wildman–Crippen MR) is 99.9 cm³/mol. The van der Waals surface area contributed by atoms with Crippen LogP contribution >= 0.6 is 22.6 Å². The molecule has 24 heavy (non-hydrogen) atoms. The van der Waals surface area contributed by atoms with Crippen LogP contribution in [0.15, 0.2) is 21.3 Å². The lowest BCUT2D eigenvalue weighted by atomic mass is 9.88. The van der Waals surface area contributed by atoms with Crippen LogP contribution in [0.25, 0.3) is 0 Å². The van der Waals surface area contributed by atoms with Crippen molar-refractivity contribution in [1.82, 2.24) is 14.9 Å². The van der Waals surface area contributed by atoms with Gasteiger partial charge in [0.1, 0.15) is 11.6 Å². The van der Waals surface area contributed by atoms with Crippen LogP contribution in [0.5, 0.6) is 0 Å². The minimum atomic E-state index is 0.0549. The Morgan fingerprint density at radius 2 is 2.12 bits per heavy atom. The van der Waals surface area contributed by atoms with Crippen molar-refractivity contribution in [1.29, 1.82) is 0 Å². The first-order valence-electron chi connectivity index (χ1n) is 8.77. The van der Waals surface area contributed by atoms with E-state index in [2.05, 4.69) is 32.5 Å². The van der Waals surface area contributed by atoms with Gasteiger partial charge in [-0.1, -0.05) is 19.3 Å². The van der Waals surface area contributed by atoms with E-state index in [0.717, 1.165) is 59.0 Å². The highest BCUT2D eigenvalue weighted by atomic mass is 127. The molecule has 2 aliphatic rings. The number of aromatic amines is 1. The molecule has 0 amide bonds. The highest BCUT2D eigenvalue weighted by molar-refractivity contribution is 14.1. The van der Waals surface area contributed by atoms with Crippen molar-refractivity contribution >= 4 is 22.6 Å². The molecule has 1 N–H and O–H groups in total. The second kappa shape index (κ2) is 7.00. The van der Waals surface area contributed by atoms with E-state index in [9.17, 15) is 4.79 Å². The number of H-pyrrole nitrogens is 1. The van der Waals surface area contributed by atoms with Crippen molar-refractivity contribution in [3.8, 4) is 0 Å². The van der Waals surface area contributed by atoms with Crippen LogP contribution in [-0.4, -0.2) is 21.4 Å². The Morgan fingerprint density at radius 3 is 2.88 bits per heavy atom. The summed E-state index contributed by atoms with van der Waals surface area (Å²) in [4.78, 5) is 22.8. The Balaban J connectivity index is 1.52. The van der Waals surface area contributed by atoms with Crippen molar-refractivity contribution in [2.24, 2.45) is 0 Å². The van der Waals surface area contributed by atoms with Crippen molar-refractivity contribution in [2.75, 3.05) is 6.54 Å². The van der Waals surface area contributed by atoms with E-state index in [1.54, 1.807) is 0 Å². The highest BCUT2D eigenvalue weighted by Crippen LogP contribution is 2.30. The molecule has 4 rings (SSSR count). The van der Waals surface area contributed by atoms with Crippen molar-refractivity contribution < 1.29 is 4.42 Å². The maximum atomic E-state index is 12.6. The number of rotatable bonds is 3. The molecule has 128 valence electrons. The van der Waals surface area contributed by atoms with Crippen LogP contribution in [-0.2, 0) is 19.5 Å². The number of nitrogens with one attached hydrogen (secondary N) is 1. The molecule has 5 nitrogen and oxygen atoms in total. The number of hydrogen-bond acceptors (Lipinski definition) is 4. The maximum Gasteiger partial charge on any atom is 0.255 e. The third-order valence-corrected chi connectivity index (χ3v) is 5.75. The average Bonchev–Trinajstić information content (AvgIpc) is 3.01. The number of hydrogen-bond donors (Lipinski definition) is 1. The topological polar surface area (TPSA) is 62.1 Å². The second-order valence-electron chi connectivity index (χ2n) is 6.88. The van der Waals surface area contributed by atoms with Gasteiger partial charge in [-0.15, -0.1) is 0 Å². The van der Waals surface area contributed by atoms with Gasteiger partial charge in [0, 0.05) is 25.4 Å². The zero-order valence-electron chi connectivity index (χ0n) is 13.7. The Morgan fingerprint density at radius 1 is 1.29 bits per heavy atom. The fourth-order valence-electron chi connectivity index (χ4n) is 3.86. The summed E-state index contributed by atoms with van der Waals surface area (Å²) in [5.74, 6) is 2.32. The normalized spacial score (nSPS) is 19.4.